The highest BCUT2D eigenvalue weighted by Gasteiger charge is 2.33. The number of hydrogen-bond acceptors (Lipinski definition) is 4. The second kappa shape index (κ2) is 6.85. The Bertz CT molecular complexity index is 691. The highest BCUT2D eigenvalue weighted by Crippen LogP contribution is 2.26. The lowest BCUT2D eigenvalue weighted by Gasteiger charge is -2.20. The number of ketones is 1. The van der Waals surface area contributed by atoms with Crippen molar-refractivity contribution < 1.29 is 18.0 Å². The van der Waals surface area contributed by atoms with E-state index in [4.69, 9.17) is 0 Å². The average Bonchev–Trinajstić information content (AvgIpc) is 2.39. The maximum Gasteiger partial charge on any atom is 0.250 e. The standard InChI is InChI=1S/C15H20N2O4S/c1-10(2)15(19)16-13-8-6-12(7-9-13)14(11(3)18)22(20,21)17(4)5/h6-9,14H,1H2,2-5H3,(H,16,19). The average molecular weight is 324 g/mol. The number of anilines is 1. The van der Waals surface area contributed by atoms with Crippen LogP contribution in [-0.4, -0.2) is 38.5 Å². The lowest BCUT2D eigenvalue weighted by atomic mass is 10.1. The Kier molecular flexibility index (Phi) is 5.62. The third kappa shape index (κ3) is 4.02. The molecule has 1 N–H and O–H groups in total. The summed E-state index contributed by atoms with van der Waals surface area (Å²) in [5, 5.41) is 1.36. The number of sulfonamides is 1. The molecular weight excluding hydrogens is 304 g/mol. The van der Waals surface area contributed by atoms with Crippen molar-refractivity contribution in [2.24, 2.45) is 0 Å². The molecule has 7 heteroatoms. The van der Waals surface area contributed by atoms with Gasteiger partial charge in [-0.05, 0) is 31.5 Å². The van der Waals surface area contributed by atoms with Gasteiger partial charge in [-0.1, -0.05) is 18.7 Å². The first kappa shape index (κ1) is 18.1. The first-order valence-corrected chi connectivity index (χ1v) is 8.06. The molecule has 0 saturated heterocycles. The number of benzene rings is 1. The summed E-state index contributed by atoms with van der Waals surface area (Å²) < 4.78 is 25.5. The van der Waals surface area contributed by atoms with E-state index in [-0.39, 0.29) is 5.91 Å². The number of Topliss-reactive ketones (excluding diaryl/α,β-unsaturated/α-hetero) is 1. The highest BCUT2D eigenvalue weighted by atomic mass is 32.2. The summed E-state index contributed by atoms with van der Waals surface area (Å²) in [5.41, 5.74) is 1.22. The van der Waals surface area contributed by atoms with E-state index in [1.807, 2.05) is 0 Å². The summed E-state index contributed by atoms with van der Waals surface area (Å²) in [6.07, 6.45) is 0. The van der Waals surface area contributed by atoms with Gasteiger partial charge in [0.2, 0.25) is 10.0 Å². The van der Waals surface area contributed by atoms with E-state index >= 15 is 0 Å². The molecule has 0 heterocycles. The lowest BCUT2D eigenvalue weighted by molar-refractivity contribution is -0.116. The van der Waals surface area contributed by atoms with E-state index in [0.717, 1.165) is 4.31 Å². The summed E-state index contributed by atoms with van der Waals surface area (Å²) in [6, 6.07) is 6.14. The Morgan fingerprint density at radius 2 is 1.64 bits per heavy atom. The zero-order valence-electron chi connectivity index (χ0n) is 13.1. The number of carbonyl (C=O) groups is 2. The van der Waals surface area contributed by atoms with Crippen LogP contribution >= 0.6 is 0 Å². The van der Waals surface area contributed by atoms with Crippen molar-refractivity contribution in [3.8, 4) is 0 Å². The third-order valence-electron chi connectivity index (χ3n) is 3.03. The van der Waals surface area contributed by atoms with Crippen molar-refractivity contribution >= 4 is 27.4 Å². The fourth-order valence-electron chi connectivity index (χ4n) is 1.81. The number of rotatable bonds is 6. The summed E-state index contributed by atoms with van der Waals surface area (Å²) in [4.78, 5) is 23.3. The van der Waals surface area contributed by atoms with Crippen LogP contribution in [0, 0.1) is 0 Å². The van der Waals surface area contributed by atoms with Gasteiger partial charge in [-0.3, -0.25) is 9.59 Å². The van der Waals surface area contributed by atoms with Gasteiger partial charge < -0.3 is 5.32 Å². The molecule has 1 aromatic rings. The zero-order valence-corrected chi connectivity index (χ0v) is 13.9. The molecule has 6 nitrogen and oxygen atoms in total. The van der Waals surface area contributed by atoms with E-state index in [2.05, 4.69) is 11.9 Å². The topological polar surface area (TPSA) is 83.5 Å². The highest BCUT2D eigenvalue weighted by molar-refractivity contribution is 7.90. The Morgan fingerprint density at radius 1 is 1.14 bits per heavy atom. The van der Waals surface area contributed by atoms with Crippen LogP contribution in [0.1, 0.15) is 24.7 Å². The van der Waals surface area contributed by atoms with E-state index in [0.29, 0.717) is 16.8 Å². The molecule has 0 aromatic heterocycles. The first-order chi connectivity index (χ1) is 10.1. The van der Waals surface area contributed by atoms with E-state index in [1.54, 1.807) is 19.1 Å². The molecule has 0 aliphatic carbocycles. The van der Waals surface area contributed by atoms with Crippen molar-refractivity contribution in [2.45, 2.75) is 19.1 Å². The molecule has 0 bridgehead atoms. The largest absolute Gasteiger partial charge is 0.322 e. The van der Waals surface area contributed by atoms with Gasteiger partial charge in [-0.15, -0.1) is 0 Å². The van der Waals surface area contributed by atoms with Crippen molar-refractivity contribution in [2.75, 3.05) is 19.4 Å². The molecule has 0 radical (unpaired) electrons. The minimum absolute atomic E-state index is 0.322. The Morgan fingerprint density at radius 3 is 2.00 bits per heavy atom. The molecule has 0 aliphatic rings. The maximum absolute atomic E-state index is 12.2. The van der Waals surface area contributed by atoms with Gasteiger partial charge in [0.25, 0.3) is 5.91 Å². The van der Waals surface area contributed by atoms with E-state index in [9.17, 15) is 18.0 Å². The fourth-order valence-corrected chi connectivity index (χ4v) is 3.15. The quantitative estimate of drug-likeness (QED) is 0.808. The number of hydrogen-bond donors (Lipinski definition) is 1. The van der Waals surface area contributed by atoms with Gasteiger partial charge >= 0.3 is 0 Å². The van der Waals surface area contributed by atoms with E-state index < -0.39 is 21.1 Å². The van der Waals surface area contributed by atoms with Crippen LogP contribution in [0.3, 0.4) is 0 Å². The molecule has 0 saturated carbocycles. The van der Waals surface area contributed by atoms with Crippen molar-refractivity contribution in [1.29, 1.82) is 0 Å². The summed E-state index contributed by atoms with van der Waals surface area (Å²) >= 11 is 0. The molecule has 120 valence electrons. The van der Waals surface area contributed by atoms with E-state index in [1.165, 1.54) is 33.2 Å². The molecule has 1 amide bonds. The number of amides is 1. The van der Waals surface area contributed by atoms with Crippen LogP contribution in [0.2, 0.25) is 0 Å². The Balaban J connectivity index is 3.13. The van der Waals surface area contributed by atoms with Gasteiger partial charge in [0.15, 0.2) is 11.0 Å². The van der Waals surface area contributed by atoms with Crippen molar-refractivity contribution in [1.82, 2.24) is 4.31 Å². The van der Waals surface area contributed by atoms with Crippen molar-refractivity contribution in [3.05, 3.63) is 42.0 Å². The first-order valence-electron chi connectivity index (χ1n) is 6.56. The monoisotopic (exact) mass is 324 g/mol. The van der Waals surface area contributed by atoms with Crippen LogP contribution < -0.4 is 5.32 Å². The zero-order chi connectivity index (χ0) is 17.1. The van der Waals surface area contributed by atoms with Crippen LogP contribution in [0.5, 0.6) is 0 Å². The number of nitrogens with zero attached hydrogens (tertiary/aromatic N) is 1. The lowest BCUT2D eigenvalue weighted by Crippen LogP contribution is -2.31. The van der Waals surface area contributed by atoms with Crippen LogP contribution in [0.15, 0.2) is 36.4 Å². The predicted molar refractivity (Wildman–Crippen MR) is 85.9 cm³/mol. The van der Waals surface area contributed by atoms with Gasteiger partial charge in [0, 0.05) is 25.4 Å². The number of carbonyl (C=O) groups excluding carboxylic acids is 2. The molecule has 1 unspecified atom stereocenters. The molecule has 0 fully saturated rings. The van der Waals surface area contributed by atoms with Crippen LogP contribution in [0.25, 0.3) is 0 Å². The minimum Gasteiger partial charge on any atom is -0.322 e. The molecule has 0 aliphatic heterocycles. The predicted octanol–water partition coefficient (Wildman–Crippen LogP) is 1.72. The summed E-state index contributed by atoms with van der Waals surface area (Å²) in [5.74, 6) is -0.788. The smallest absolute Gasteiger partial charge is 0.250 e. The molecule has 22 heavy (non-hydrogen) atoms. The molecule has 1 aromatic carbocycles. The number of nitrogens with one attached hydrogen (secondary N) is 1. The van der Waals surface area contributed by atoms with Crippen molar-refractivity contribution in [3.63, 3.8) is 0 Å². The van der Waals surface area contributed by atoms with Gasteiger partial charge in [-0.2, -0.15) is 0 Å². The molecular formula is C15H20N2O4S. The summed E-state index contributed by atoms with van der Waals surface area (Å²) in [6.45, 7) is 6.35. The molecule has 1 rings (SSSR count). The molecule has 0 spiro atoms. The van der Waals surface area contributed by atoms with Gasteiger partial charge in [0.1, 0.15) is 0 Å². The van der Waals surface area contributed by atoms with Gasteiger partial charge in [0.05, 0.1) is 0 Å². The normalized spacial score (nSPS) is 12.8. The second-order valence-corrected chi connectivity index (χ2v) is 7.41. The van der Waals surface area contributed by atoms with Gasteiger partial charge in [-0.25, -0.2) is 12.7 Å². The maximum atomic E-state index is 12.2. The van der Waals surface area contributed by atoms with Crippen LogP contribution in [0.4, 0.5) is 5.69 Å². The third-order valence-corrected chi connectivity index (χ3v) is 5.25. The Hall–Kier alpha value is -1.99. The molecule has 1 atom stereocenters. The Labute approximate surface area is 130 Å². The second-order valence-electron chi connectivity index (χ2n) is 5.17. The summed E-state index contributed by atoms with van der Waals surface area (Å²) in [7, 11) is -0.995. The fraction of sp³-hybridized carbons (Fsp3) is 0.333. The van der Waals surface area contributed by atoms with Crippen LogP contribution in [-0.2, 0) is 19.6 Å². The minimum atomic E-state index is -3.76. The SMILES string of the molecule is C=C(C)C(=O)Nc1ccc(C(C(C)=O)S(=O)(=O)N(C)C)cc1.